The summed E-state index contributed by atoms with van der Waals surface area (Å²) in [7, 11) is 1.60. The number of imidazole rings is 1. The van der Waals surface area contributed by atoms with E-state index < -0.39 is 0 Å². The van der Waals surface area contributed by atoms with Crippen LogP contribution in [0.1, 0.15) is 10.4 Å². The molecule has 0 fully saturated rings. The van der Waals surface area contributed by atoms with Crippen molar-refractivity contribution in [1.29, 1.82) is 0 Å². The number of rotatable bonds is 4. The number of aromatic nitrogens is 5. The maximum atomic E-state index is 11.6. The van der Waals surface area contributed by atoms with E-state index in [2.05, 4.69) is 25.7 Å². The van der Waals surface area contributed by atoms with Gasteiger partial charge in [0, 0.05) is 30.7 Å². The van der Waals surface area contributed by atoms with Crippen molar-refractivity contribution < 1.29 is 4.79 Å². The highest BCUT2D eigenvalue weighted by atomic mass is 16.1. The summed E-state index contributed by atoms with van der Waals surface area (Å²) in [5.41, 5.74) is 2.11. The maximum absolute atomic E-state index is 11.6. The van der Waals surface area contributed by atoms with Gasteiger partial charge in [0.15, 0.2) is 5.65 Å². The number of carbonyl (C=O) groups is 1. The lowest BCUT2D eigenvalue weighted by Gasteiger charge is -2.04. The fraction of sp³-hybridized carbons (Fsp3) is 0.0588. The van der Waals surface area contributed by atoms with Gasteiger partial charge < -0.3 is 10.6 Å². The number of carbonyl (C=O) groups excluding carboxylic acids is 1. The Morgan fingerprint density at radius 2 is 1.96 bits per heavy atom. The fourth-order valence-corrected chi connectivity index (χ4v) is 2.51. The summed E-state index contributed by atoms with van der Waals surface area (Å²) in [6.45, 7) is 0. The molecule has 0 saturated carbocycles. The molecule has 2 N–H and O–H groups in total. The van der Waals surface area contributed by atoms with Crippen molar-refractivity contribution in [3.8, 4) is 5.82 Å². The van der Waals surface area contributed by atoms with Gasteiger partial charge in [0.25, 0.3) is 5.91 Å². The molecule has 124 valence electrons. The molecule has 8 heteroatoms. The molecule has 8 nitrogen and oxygen atoms in total. The van der Waals surface area contributed by atoms with Crippen molar-refractivity contribution in [2.45, 2.75) is 0 Å². The van der Waals surface area contributed by atoms with Crippen LogP contribution < -0.4 is 10.6 Å². The molecule has 1 amide bonds. The molecule has 4 rings (SSSR count). The summed E-state index contributed by atoms with van der Waals surface area (Å²) in [6, 6.07) is 12.8. The molecule has 0 radical (unpaired) electrons. The Labute approximate surface area is 143 Å². The summed E-state index contributed by atoms with van der Waals surface area (Å²) < 4.78 is 3.60. The highest BCUT2D eigenvalue weighted by molar-refractivity contribution is 5.94. The van der Waals surface area contributed by atoms with Gasteiger partial charge in [-0.3, -0.25) is 9.36 Å². The third-order valence-electron chi connectivity index (χ3n) is 3.74. The van der Waals surface area contributed by atoms with Gasteiger partial charge in [0.1, 0.15) is 12.1 Å². The van der Waals surface area contributed by atoms with Crippen molar-refractivity contribution in [1.82, 2.24) is 29.5 Å². The molecular formula is C17H15N7O. The number of benzene rings is 1. The molecule has 0 aliphatic heterocycles. The highest BCUT2D eigenvalue weighted by Crippen LogP contribution is 2.17. The zero-order valence-corrected chi connectivity index (χ0v) is 13.4. The first-order chi connectivity index (χ1) is 12.2. The Morgan fingerprint density at radius 3 is 2.68 bits per heavy atom. The zero-order valence-electron chi connectivity index (χ0n) is 13.4. The third-order valence-corrected chi connectivity index (χ3v) is 3.74. The topological polar surface area (TPSA) is 89.1 Å². The summed E-state index contributed by atoms with van der Waals surface area (Å²) >= 11 is 0. The van der Waals surface area contributed by atoms with Crippen LogP contribution in [0.4, 0.5) is 11.6 Å². The minimum Gasteiger partial charge on any atom is -0.355 e. The van der Waals surface area contributed by atoms with Gasteiger partial charge in [-0.05, 0) is 36.4 Å². The fourth-order valence-electron chi connectivity index (χ4n) is 2.51. The minimum absolute atomic E-state index is 0.123. The Kier molecular flexibility index (Phi) is 3.62. The lowest BCUT2D eigenvalue weighted by Crippen LogP contribution is -2.17. The van der Waals surface area contributed by atoms with Crippen molar-refractivity contribution in [3.05, 3.63) is 66.7 Å². The van der Waals surface area contributed by atoms with E-state index in [9.17, 15) is 4.79 Å². The molecule has 3 aromatic heterocycles. The number of fused-ring (bicyclic) bond motifs is 1. The standard InChI is InChI=1S/C17H15N7O/c1-18-16(25)12-5-7-13(8-6-12)20-17-21-14-3-2-4-15(24(14)22-17)23-10-9-19-11-23/h2-11H,1H3,(H,18,25)(H,20,22). The molecule has 25 heavy (non-hydrogen) atoms. The first kappa shape index (κ1) is 14.9. The third kappa shape index (κ3) is 2.80. The van der Waals surface area contributed by atoms with Crippen LogP contribution in [0.5, 0.6) is 0 Å². The molecular weight excluding hydrogens is 318 g/mol. The number of nitrogens with one attached hydrogen (secondary N) is 2. The lowest BCUT2D eigenvalue weighted by atomic mass is 10.2. The van der Waals surface area contributed by atoms with E-state index in [0.717, 1.165) is 17.2 Å². The van der Waals surface area contributed by atoms with Crippen LogP contribution in [0.3, 0.4) is 0 Å². The molecule has 4 aromatic rings. The van der Waals surface area contributed by atoms with Crippen LogP contribution >= 0.6 is 0 Å². The summed E-state index contributed by atoms with van der Waals surface area (Å²) in [5, 5.41) is 10.2. The van der Waals surface area contributed by atoms with Gasteiger partial charge in [-0.15, -0.1) is 5.10 Å². The van der Waals surface area contributed by atoms with Crippen LogP contribution in [-0.4, -0.2) is 37.1 Å². The minimum atomic E-state index is -0.123. The monoisotopic (exact) mass is 333 g/mol. The van der Waals surface area contributed by atoms with E-state index in [-0.39, 0.29) is 5.91 Å². The van der Waals surface area contributed by atoms with Crippen LogP contribution in [0.15, 0.2) is 61.2 Å². The van der Waals surface area contributed by atoms with Gasteiger partial charge in [0.2, 0.25) is 5.95 Å². The number of hydrogen-bond donors (Lipinski definition) is 2. The first-order valence-electron chi connectivity index (χ1n) is 7.68. The van der Waals surface area contributed by atoms with E-state index in [0.29, 0.717) is 11.5 Å². The second kappa shape index (κ2) is 6.08. The number of pyridine rings is 1. The average Bonchev–Trinajstić information content (AvgIpc) is 3.30. The highest BCUT2D eigenvalue weighted by Gasteiger charge is 2.09. The second-order valence-corrected chi connectivity index (χ2v) is 5.34. The van der Waals surface area contributed by atoms with Crippen molar-refractivity contribution >= 4 is 23.2 Å². The Hall–Kier alpha value is -3.68. The van der Waals surface area contributed by atoms with Crippen molar-refractivity contribution in [2.75, 3.05) is 12.4 Å². The Bertz CT molecular complexity index is 1020. The quantitative estimate of drug-likeness (QED) is 0.596. The van der Waals surface area contributed by atoms with Gasteiger partial charge >= 0.3 is 0 Å². The van der Waals surface area contributed by atoms with Crippen molar-refractivity contribution in [2.24, 2.45) is 0 Å². The van der Waals surface area contributed by atoms with E-state index in [1.807, 2.05) is 41.1 Å². The SMILES string of the molecule is CNC(=O)c1ccc(Nc2nc3cccc(-n4ccnc4)n3n2)cc1. The average molecular weight is 333 g/mol. The molecule has 0 unspecified atom stereocenters. The van der Waals surface area contributed by atoms with Gasteiger partial charge in [-0.25, -0.2) is 4.98 Å². The van der Waals surface area contributed by atoms with Crippen LogP contribution in [0.2, 0.25) is 0 Å². The van der Waals surface area contributed by atoms with Crippen LogP contribution in [-0.2, 0) is 0 Å². The maximum Gasteiger partial charge on any atom is 0.251 e. The summed E-state index contributed by atoms with van der Waals surface area (Å²) in [4.78, 5) is 20.1. The van der Waals surface area contributed by atoms with Crippen molar-refractivity contribution in [3.63, 3.8) is 0 Å². The molecule has 3 heterocycles. The van der Waals surface area contributed by atoms with Gasteiger partial charge in [0.05, 0.1) is 0 Å². The van der Waals surface area contributed by atoms with Gasteiger partial charge in [-0.2, -0.15) is 9.50 Å². The predicted octanol–water partition coefficient (Wildman–Crippen LogP) is 2.02. The zero-order chi connectivity index (χ0) is 17.2. The van der Waals surface area contributed by atoms with Crippen LogP contribution in [0, 0.1) is 0 Å². The molecule has 0 aliphatic carbocycles. The van der Waals surface area contributed by atoms with E-state index in [1.165, 1.54) is 0 Å². The Balaban J connectivity index is 1.64. The number of anilines is 2. The molecule has 1 aromatic carbocycles. The number of hydrogen-bond acceptors (Lipinski definition) is 5. The second-order valence-electron chi connectivity index (χ2n) is 5.34. The molecule has 0 bridgehead atoms. The molecule has 0 atom stereocenters. The van der Waals surface area contributed by atoms with Gasteiger partial charge in [-0.1, -0.05) is 6.07 Å². The van der Waals surface area contributed by atoms with E-state index in [4.69, 9.17) is 0 Å². The normalized spacial score (nSPS) is 10.8. The van der Waals surface area contributed by atoms with Crippen LogP contribution in [0.25, 0.3) is 11.5 Å². The summed E-state index contributed by atoms with van der Waals surface area (Å²) in [5.74, 6) is 1.19. The molecule has 0 aliphatic rings. The number of nitrogens with zero attached hydrogens (tertiary/aromatic N) is 5. The lowest BCUT2D eigenvalue weighted by molar-refractivity contribution is 0.0963. The largest absolute Gasteiger partial charge is 0.355 e. The van der Waals surface area contributed by atoms with E-state index in [1.54, 1.807) is 36.2 Å². The smallest absolute Gasteiger partial charge is 0.251 e. The summed E-state index contributed by atoms with van der Waals surface area (Å²) in [6.07, 6.45) is 5.27. The predicted molar refractivity (Wildman–Crippen MR) is 93.2 cm³/mol. The number of amides is 1. The molecule has 0 spiro atoms. The first-order valence-corrected chi connectivity index (χ1v) is 7.68. The molecule has 0 saturated heterocycles. The Morgan fingerprint density at radius 1 is 1.12 bits per heavy atom. The van der Waals surface area contributed by atoms with E-state index >= 15 is 0 Å².